The molecule has 1 fully saturated rings. The van der Waals surface area contributed by atoms with E-state index in [1.54, 1.807) is 0 Å². The third kappa shape index (κ3) is 5.47. The number of hydrogen-bond acceptors (Lipinski definition) is 3. The van der Waals surface area contributed by atoms with Crippen LogP contribution in [0.3, 0.4) is 0 Å². The van der Waals surface area contributed by atoms with E-state index in [9.17, 15) is 8.42 Å². The molecular formula is C10H22N4O2S. The molecule has 0 spiro atoms. The normalized spacial score (nSPS) is 16.7. The standard InChI is InChI=1S/C10H22N4O2S/c1-8(2)7-14(6-5-10(11)12)17(15,16)13-9-3-4-9/h8-9,13H,3-7H2,1-2H3,(H3,11,12). The van der Waals surface area contributed by atoms with E-state index in [4.69, 9.17) is 11.1 Å². The van der Waals surface area contributed by atoms with Crippen molar-refractivity contribution in [2.75, 3.05) is 13.1 Å². The number of nitrogens with one attached hydrogen (secondary N) is 2. The molecule has 0 radical (unpaired) electrons. The van der Waals surface area contributed by atoms with E-state index in [0.29, 0.717) is 6.54 Å². The summed E-state index contributed by atoms with van der Waals surface area (Å²) in [6.45, 7) is 4.66. The van der Waals surface area contributed by atoms with Gasteiger partial charge in [-0.2, -0.15) is 17.4 Å². The molecule has 4 N–H and O–H groups in total. The minimum Gasteiger partial charge on any atom is -0.388 e. The van der Waals surface area contributed by atoms with Crippen molar-refractivity contribution in [3.05, 3.63) is 0 Å². The van der Waals surface area contributed by atoms with Gasteiger partial charge in [0.2, 0.25) is 0 Å². The second-order valence-corrected chi connectivity index (χ2v) is 6.63. The number of nitrogens with zero attached hydrogens (tertiary/aromatic N) is 1. The summed E-state index contributed by atoms with van der Waals surface area (Å²) in [4.78, 5) is 0. The van der Waals surface area contributed by atoms with Gasteiger partial charge in [0, 0.05) is 25.6 Å². The van der Waals surface area contributed by atoms with Gasteiger partial charge in [-0.3, -0.25) is 5.41 Å². The Morgan fingerprint density at radius 3 is 2.53 bits per heavy atom. The van der Waals surface area contributed by atoms with Crippen LogP contribution in [-0.2, 0) is 10.2 Å². The Morgan fingerprint density at radius 2 is 2.12 bits per heavy atom. The number of nitrogens with two attached hydrogens (primary N) is 1. The second kappa shape index (κ2) is 5.79. The molecule has 0 saturated heterocycles. The molecule has 0 aromatic carbocycles. The molecule has 1 aliphatic rings. The Kier molecular flexibility index (Phi) is 4.91. The van der Waals surface area contributed by atoms with Crippen molar-refractivity contribution in [2.24, 2.45) is 11.7 Å². The molecule has 0 heterocycles. The molecule has 17 heavy (non-hydrogen) atoms. The van der Waals surface area contributed by atoms with Gasteiger partial charge in [-0.25, -0.2) is 0 Å². The van der Waals surface area contributed by atoms with Crippen molar-refractivity contribution in [3.63, 3.8) is 0 Å². The van der Waals surface area contributed by atoms with Crippen molar-refractivity contribution in [1.82, 2.24) is 9.03 Å². The van der Waals surface area contributed by atoms with E-state index in [2.05, 4.69) is 4.72 Å². The van der Waals surface area contributed by atoms with Gasteiger partial charge in [-0.1, -0.05) is 13.8 Å². The van der Waals surface area contributed by atoms with Crippen molar-refractivity contribution >= 4 is 16.0 Å². The fourth-order valence-electron chi connectivity index (χ4n) is 1.45. The molecule has 0 unspecified atom stereocenters. The van der Waals surface area contributed by atoms with E-state index in [-0.39, 0.29) is 30.8 Å². The van der Waals surface area contributed by atoms with Crippen LogP contribution in [0, 0.1) is 11.3 Å². The summed E-state index contributed by atoms with van der Waals surface area (Å²) in [5.41, 5.74) is 5.27. The fraction of sp³-hybridized carbons (Fsp3) is 0.900. The minimum absolute atomic E-state index is 0.0142. The van der Waals surface area contributed by atoms with Crippen LogP contribution in [-0.4, -0.2) is 37.7 Å². The summed E-state index contributed by atoms with van der Waals surface area (Å²) in [5, 5.41) is 7.16. The van der Waals surface area contributed by atoms with Crippen molar-refractivity contribution in [1.29, 1.82) is 5.41 Å². The van der Waals surface area contributed by atoms with Crippen LogP contribution in [0.15, 0.2) is 0 Å². The number of hydrogen-bond donors (Lipinski definition) is 3. The smallest absolute Gasteiger partial charge is 0.279 e. The van der Waals surface area contributed by atoms with Gasteiger partial charge in [-0.15, -0.1) is 0 Å². The quantitative estimate of drug-likeness (QED) is 0.432. The van der Waals surface area contributed by atoms with E-state index in [1.807, 2.05) is 13.8 Å². The van der Waals surface area contributed by atoms with Crippen LogP contribution in [0.1, 0.15) is 33.1 Å². The third-order valence-corrected chi connectivity index (χ3v) is 4.07. The lowest BCUT2D eigenvalue weighted by Gasteiger charge is -2.23. The number of rotatable bonds is 8. The predicted molar refractivity (Wildman–Crippen MR) is 68.0 cm³/mol. The largest absolute Gasteiger partial charge is 0.388 e. The van der Waals surface area contributed by atoms with Crippen LogP contribution < -0.4 is 10.5 Å². The second-order valence-electron chi connectivity index (χ2n) is 4.92. The average Bonchev–Trinajstić information content (AvgIpc) is 2.94. The van der Waals surface area contributed by atoms with Gasteiger partial charge >= 0.3 is 0 Å². The number of amidine groups is 1. The maximum absolute atomic E-state index is 12.0. The predicted octanol–water partition coefficient (Wildman–Crippen LogP) is 0.267. The Morgan fingerprint density at radius 1 is 1.53 bits per heavy atom. The summed E-state index contributed by atoms with van der Waals surface area (Å²) in [6, 6.07) is 0.104. The molecule has 0 aromatic heterocycles. The molecular weight excluding hydrogens is 240 g/mol. The first kappa shape index (κ1) is 14.4. The highest BCUT2D eigenvalue weighted by Crippen LogP contribution is 2.21. The van der Waals surface area contributed by atoms with Gasteiger partial charge in [-0.05, 0) is 18.8 Å². The van der Waals surface area contributed by atoms with E-state index in [1.165, 1.54) is 4.31 Å². The van der Waals surface area contributed by atoms with E-state index < -0.39 is 10.2 Å². The Bertz CT molecular complexity index is 363. The van der Waals surface area contributed by atoms with Crippen LogP contribution in [0.25, 0.3) is 0 Å². The summed E-state index contributed by atoms with van der Waals surface area (Å²) < 4.78 is 28.1. The molecule has 0 aliphatic heterocycles. The summed E-state index contributed by atoms with van der Waals surface area (Å²) in [6.07, 6.45) is 2.11. The van der Waals surface area contributed by atoms with Gasteiger partial charge in [0.05, 0.1) is 5.84 Å². The topological polar surface area (TPSA) is 99.3 Å². The molecule has 0 aromatic rings. The lowest BCUT2D eigenvalue weighted by molar-refractivity contribution is 0.368. The minimum atomic E-state index is -3.42. The Balaban J connectivity index is 2.61. The lowest BCUT2D eigenvalue weighted by atomic mass is 10.2. The molecule has 1 rings (SSSR count). The first-order valence-electron chi connectivity index (χ1n) is 5.91. The van der Waals surface area contributed by atoms with E-state index in [0.717, 1.165) is 12.8 Å². The Hall–Kier alpha value is -0.660. The zero-order valence-electron chi connectivity index (χ0n) is 10.4. The monoisotopic (exact) mass is 262 g/mol. The molecule has 6 nitrogen and oxygen atoms in total. The lowest BCUT2D eigenvalue weighted by Crippen LogP contribution is -2.44. The van der Waals surface area contributed by atoms with Crippen LogP contribution in [0.4, 0.5) is 0 Å². The van der Waals surface area contributed by atoms with Gasteiger partial charge < -0.3 is 5.73 Å². The highest BCUT2D eigenvalue weighted by Gasteiger charge is 2.31. The van der Waals surface area contributed by atoms with Crippen LogP contribution in [0.5, 0.6) is 0 Å². The van der Waals surface area contributed by atoms with E-state index >= 15 is 0 Å². The molecule has 0 atom stereocenters. The van der Waals surface area contributed by atoms with Gasteiger partial charge in [0.15, 0.2) is 0 Å². The SMILES string of the molecule is CC(C)CN(CCC(=N)N)S(=O)(=O)NC1CC1. The van der Waals surface area contributed by atoms with Crippen LogP contribution >= 0.6 is 0 Å². The molecule has 1 saturated carbocycles. The summed E-state index contributed by atoms with van der Waals surface area (Å²) >= 11 is 0. The summed E-state index contributed by atoms with van der Waals surface area (Å²) in [7, 11) is -3.42. The highest BCUT2D eigenvalue weighted by atomic mass is 32.2. The fourth-order valence-corrected chi connectivity index (χ4v) is 3.08. The molecule has 7 heteroatoms. The van der Waals surface area contributed by atoms with Crippen molar-refractivity contribution < 1.29 is 8.42 Å². The highest BCUT2D eigenvalue weighted by molar-refractivity contribution is 7.87. The van der Waals surface area contributed by atoms with Gasteiger partial charge in [0.1, 0.15) is 0 Å². The zero-order chi connectivity index (χ0) is 13.1. The van der Waals surface area contributed by atoms with Crippen LogP contribution in [0.2, 0.25) is 0 Å². The molecule has 100 valence electrons. The van der Waals surface area contributed by atoms with Crippen molar-refractivity contribution in [3.8, 4) is 0 Å². The third-order valence-electron chi connectivity index (χ3n) is 2.43. The average molecular weight is 262 g/mol. The summed E-state index contributed by atoms with van der Waals surface area (Å²) in [5.74, 6) is 0.262. The maximum atomic E-state index is 12.0. The first-order valence-corrected chi connectivity index (χ1v) is 7.35. The van der Waals surface area contributed by atoms with Gasteiger partial charge in [0.25, 0.3) is 10.2 Å². The molecule has 0 bridgehead atoms. The Labute approximate surface area is 103 Å². The molecule has 1 aliphatic carbocycles. The van der Waals surface area contributed by atoms with Crippen molar-refractivity contribution in [2.45, 2.75) is 39.2 Å². The first-order chi connectivity index (χ1) is 7.81. The maximum Gasteiger partial charge on any atom is 0.279 e. The zero-order valence-corrected chi connectivity index (χ0v) is 11.3. The molecule has 0 amide bonds.